The first kappa shape index (κ1) is 17.0. The number of aryl methyl sites for hydroxylation is 1. The van der Waals surface area contributed by atoms with Gasteiger partial charge in [0.2, 0.25) is 0 Å². The zero-order valence-corrected chi connectivity index (χ0v) is 15.2. The van der Waals surface area contributed by atoms with E-state index in [9.17, 15) is 0 Å². The molecule has 126 valence electrons. The van der Waals surface area contributed by atoms with Gasteiger partial charge in [-0.3, -0.25) is 0 Å². The van der Waals surface area contributed by atoms with Gasteiger partial charge in [0.15, 0.2) is 0 Å². The summed E-state index contributed by atoms with van der Waals surface area (Å²) in [6, 6.07) is 18.4. The van der Waals surface area contributed by atoms with Gasteiger partial charge in [0.25, 0.3) is 0 Å². The SMILES string of the molecule is CC=CC1CCC(c2ccc(-c3ccc(CCC)cc3)cc2)CC1. The molecule has 2 aromatic rings. The van der Waals surface area contributed by atoms with Gasteiger partial charge < -0.3 is 0 Å². The maximum atomic E-state index is 2.39. The molecule has 0 bridgehead atoms. The molecule has 1 fully saturated rings. The van der Waals surface area contributed by atoms with Crippen LogP contribution in [0.2, 0.25) is 0 Å². The Morgan fingerprint density at radius 1 is 0.833 bits per heavy atom. The monoisotopic (exact) mass is 318 g/mol. The molecule has 3 rings (SSSR count). The van der Waals surface area contributed by atoms with Crippen molar-refractivity contribution in [2.45, 2.75) is 58.3 Å². The number of hydrogen-bond acceptors (Lipinski definition) is 0. The summed E-state index contributed by atoms with van der Waals surface area (Å²) in [5, 5.41) is 0. The van der Waals surface area contributed by atoms with E-state index in [2.05, 4.69) is 74.5 Å². The lowest BCUT2D eigenvalue weighted by Gasteiger charge is -2.27. The van der Waals surface area contributed by atoms with Crippen LogP contribution in [0.15, 0.2) is 60.7 Å². The van der Waals surface area contributed by atoms with E-state index in [1.54, 1.807) is 0 Å². The van der Waals surface area contributed by atoms with Crippen molar-refractivity contribution >= 4 is 0 Å². The summed E-state index contributed by atoms with van der Waals surface area (Å²) in [6.45, 7) is 4.37. The lowest BCUT2D eigenvalue weighted by molar-refractivity contribution is 0.376. The molecule has 2 aromatic carbocycles. The van der Waals surface area contributed by atoms with E-state index < -0.39 is 0 Å². The highest BCUT2D eigenvalue weighted by atomic mass is 14.3. The lowest BCUT2D eigenvalue weighted by Crippen LogP contribution is -2.11. The second-order valence-electron chi connectivity index (χ2n) is 7.21. The Morgan fingerprint density at radius 2 is 1.42 bits per heavy atom. The van der Waals surface area contributed by atoms with Crippen LogP contribution in [0.25, 0.3) is 11.1 Å². The highest BCUT2D eigenvalue weighted by molar-refractivity contribution is 5.64. The number of benzene rings is 2. The van der Waals surface area contributed by atoms with E-state index in [4.69, 9.17) is 0 Å². The Bertz CT molecular complexity index is 637. The van der Waals surface area contributed by atoms with Gasteiger partial charge in [0, 0.05) is 0 Å². The summed E-state index contributed by atoms with van der Waals surface area (Å²) < 4.78 is 0. The molecule has 0 spiro atoms. The molecule has 0 atom stereocenters. The Balaban J connectivity index is 1.65. The molecule has 1 saturated carbocycles. The first-order valence-corrected chi connectivity index (χ1v) is 9.62. The molecule has 24 heavy (non-hydrogen) atoms. The van der Waals surface area contributed by atoms with Crippen LogP contribution in [0, 0.1) is 5.92 Å². The minimum absolute atomic E-state index is 0.757. The summed E-state index contributed by atoms with van der Waals surface area (Å²) in [6.07, 6.45) is 12.3. The van der Waals surface area contributed by atoms with Crippen LogP contribution < -0.4 is 0 Å². The van der Waals surface area contributed by atoms with Crippen molar-refractivity contribution in [2.75, 3.05) is 0 Å². The van der Waals surface area contributed by atoms with Crippen LogP contribution in [0.3, 0.4) is 0 Å². The normalized spacial score (nSPS) is 21.2. The third-order valence-electron chi connectivity index (χ3n) is 5.44. The lowest BCUT2D eigenvalue weighted by atomic mass is 9.78. The second-order valence-corrected chi connectivity index (χ2v) is 7.21. The fourth-order valence-corrected chi connectivity index (χ4v) is 4.02. The van der Waals surface area contributed by atoms with E-state index in [-0.39, 0.29) is 0 Å². The Kier molecular flexibility index (Phi) is 5.91. The van der Waals surface area contributed by atoms with Crippen molar-refractivity contribution in [3.8, 4) is 11.1 Å². The highest BCUT2D eigenvalue weighted by Crippen LogP contribution is 2.36. The number of hydrogen-bond donors (Lipinski definition) is 0. The van der Waals surface area contributed by atoms with Gasteiger partial charge in [-0.05, 0) is 73.1 Å². The van der Waals surface area contributed by atoms with E-state index in [0.717, 1.165) is 11.8 Å². The highest BCUT2D eigenvalue weighted by Gasteiger charge is 2.20. The van der Waals surface area contributed by atoms with Gasteiger partial charge in [-0.2, -0.15) is 0 Å². The Morgan fingerprint density at radius 3 is 1.96 bits per heavy atom. The van der Waals surface area contributed by atoms with E-state index >= 15 is 0 Å². The number of rotatable bonds is 5. The van der Waals surface area contributed by atoms with Crippen LogP contribution >= 0.6 is 0 Å². The van der Waals surface area contributed by atoms with Crippen molar-refractivity contribution < 1.29 is 0 Å². The molecular weight excluding hydrogens is 288 g/mol. The average molecular weight is 319 g/mol. The van der Waals surface area contributed by atoms with Gasteiger partial charge in [-0.15, -0.1) is 0 Å². The molecule has 0 aliphatic heterocycles. The quantitative estimate of drug-likeness (QED) is 0.513. The summed E-state index contributed by atoms with van der Waals surface area (Å²) in [5.41, 5.74) is 5.64. The molecule has 0 heterocycles. The molecule has 0 radical (unpaired) electrons. The van der Waals surface area contributed by atoms with Gasteiger partial charge >= 0.3 is 0 Å². The molecular formula is C24H30. The molecule has 1 aliphatic carbocycles. The van der Waals surface area contributed by atoms with Crippen LogP contribution in [-0.4, -0.2) is 0 Å². The van der Waals surface area contributed by atoms with E-state index in [1.807, 2.05) is 0 Å². The summed E-state index contributed by atoms with van der Waals surface area (Å²) >= 11 is 0. The van der Waals surface area contributed by atoms with Gasteiger partial charge in [-0.25, -0.2) is 0 Å². The predicted molar refractivity (Wildman–Crippen MR) is 105 cm³/mol. The maximum Gasteiger partial charge on any atom is -0.0162 e. The molecule has 1 aliphatic rings. The molecule has 0 nitrogen and oxygen atoms in total. The first-order valence-electron chi connectivity index (χ1n) is 9.62. The fourth-order valence-electron chi connectivity index (χ4n) is 4.02. The van der Waals surface area contributed by atoms with E-state index in [1.165, 1.54) is 60.8 Å². The Hall–Kier alpha value is -1.82. The summed E-state index contributed by atoms with van der Waals surface area (Å²) in [4.78, 5) is 0. The molecule has 0 saturated heterocycles. The zero-order valence-electron chi connectivity index (χ0n) is 15.2. The molecule has 0 aromatic heterocycles. The summed E-state index contributed by atoms with van der Waals surface area (Å²) in [7, 11) is 0. The smallest absolute Gasteiger partial charge is 0.0162 e. The Labute approximate surface area is 147 Å². The third kappa shape index (κ3) is 4.17. The first-order chi connectivity index (χ1) is 11.8. The minimum atomic E-state index is 0.757. The van der Waals surface area contributed by atoms with Crippen molar-refractivity contribution in [3.05, 3.63) is 71.8 Å². The molecule has 0 N–H and O–H groups in total. The van der Waals surface area contributed by atoms with Crippen molar-refractivity contribution in [1.82, 2.24) is 0 Å². The summed E-state index contributed by atoms with van der Waals surface area (Å²) in [5.74, 6) is 1.57. The van der Waals surface area contributed by atoms with Crippen molar-refractivity contribution in [3.63, 3.8) is 0 Å². The van der Waals surface area contributed by atoms with Crippen LogP contribution in [-0.2, 0) is 6.42 Å². The van der Waals surface area contributed by atoms with Crippen molar-refractivity contribution in [1.29, 1.82) is 0 Å². The topological polar surface area (TPSA) is 0 Å². The molecule has 0 unspecified atom stereocenters. The van der Waals surface area contributed by atoms with Gasteiger partial charge in [0.05, 0.1) is 0 Å². The van der Waals surface area contributed by atoms with E-state index in [0.29, 0.717) is 0 Å². The van der Waals surface area contributed by atoms with Crippen molar-refractivity contribution in [2.24, 2.45) is 5.92 Å². The third-order valence-corrected chi connectivity index (χ3v) is 5.44. The molecule has 0 heteroatoms. The fraction of sp³-hybridized carbons (Fsp3) is 0.417. The second kappa shape index (κ2) is 8.33. The zero-order chi connectivity index (χ0) is 16.8. The maximum absolute atomic E-state index is 2.39. The van der Waals surface area contributed by atoms with Crippen LogP contribution in [0.5, 0.6) is 0 Å². The predicted octanol–water partition coefficient (Wildman–Crippen LogP) is 7.16. The largest absolute Gasteiger partial charge is 0.0914 e. The minimum Gasteiger partial charge on any atom is -0.0914 e. The standard InChI is InChI=1S/C24H30/c1-3-5-19-7-11-21(12-8-19)23-15-17-24(18-16-23)22-13-9-20(6-4-2)10-14-22/h3,5,9-10,13-19,21H,4,6-8,11-12H2,1-2H3. The molecule has 0 amide bonds. The van der Waals surface area contributed by atoms with Gasteiger partial charge in [0.1, 0.15) is 0 Å². The van der Waals surface area contributed by atoms with Crippen LogP contribution in [0.4, 0.5) is 0 Å². The van der Waals surface area contributed by atoms with Crippen LogP contribution in [0.1, 0.15) is 63.0 Å². The number of allylic oxidation sites excluding steroid dienone is 2. The van der Waals surface area contributed by atoms with Gasteiger partial charge in [-0.1, -0.05) is 74.0 Å². The average Bonchev–Trinajstić information content (AvgIpc) is 2.64.